The van der Waals surface area contributed by atoms with Gasteiger partial charge in [-0.05, 0) is 50.5 Å². The lowest BCUT2D eigenvalue weighted by Crippen LogP contribution is -2.35. The molecule has 0 saturated heterocycles. The minimum Gasteiger partial charge on any atom is -0.394 e. The number of aliphatic hydroxyl groups excluding tert-OH is 1. The Morgan fingerprint density at radius 3 is 2.52 bits per heavy atom. The molecular formula is C19H26N2O2. The van der Waals surface area contributed by atoms with E-state index in [-0.39, 0.29) is 18.6 Å². The number of carbonyl (C=O) groups is 1. The van der Waals surface area contributed by atoms with Crippen LogP contribution in [0, 0.1) is 13.8 Å². The van der Waals surface area contributed by atoms with E-state index in [1.165, 1.54) is 5.56 Å². The number of aryl methyl sites for hydroxylation is 1. The van der Waals surface area contributed by atoms with Gasteiger partial charge in [0.25, 0.3) is 5.91 Å². The molecule has 4 nitrogen and oxygen atoms in total. The molecule has 2 rings (SSSR count). The maximum atomic E-state index is 12.4. The van der Waals surface area contributed by atoms with Gasteiger partial charge in [0, 0.05) is 23.1 Å². The van der Waals surface area contributed by atoms with E-state index in [1.54, 1.807) is 6.92 Å². The van der Waals surface area contributed by atoms with Crippen LogP contribution in [-0.2, 0) is 0 Å². The molecule has 2 aromatic rings. The summed E-state index contributed by atoms with van der Waals surface area (Å²) in [7, 11) is 0. The number of aromatic nitrogens is 1. The van der Waals surface area contributed by atoms with Crippen LogP contribution in [0.25, 0.3) is 5.69 Å². The lowest BCUT2D eigenvalue weighted by atomic mass is 10.0. The standard InChI is InChI=1S/C19H26N2O2/c1-12(2)16-7-6-8-17(10-16)21-14(4)9-18(15(21)5)19(23)20-13(3)11-22/h6-10,12-13,22H,11H2,1-5H3,(H,20,23)/t13-/m1/s1. The average Bonchev–Trinajstić information content (AvgIpc) is 2.82. The summed E-state index contributed by atoms with van der Waals surface area (Å²) in [5, 5.41) is 11.9. The van der Waals surface area contributed by atoms with Crippen molar-refractivity contribution in [2.24, 2.45) is 0 Å². The summed E-state index contributed by atoms with van der Waals surface area (Å²) >= 11 is 0. The summed E-state index contributed by atoms with van der Waals surface area (Å²) in [5.74, 6) is 0.310. The number of hydrogen-bond acceptors (Lipinski definition) is 2. The predicted molar refractivity (Wildman–Crippen MR) is 93.3 cm³/mol. The lowest BCUT2D eigenvalue weighted by molar-refractivity contribution is 0.0921. The monoisotopic (exact) mass is 314 g/mol. The first kappa shape index (κ1) is 17.3. The third-order valence-electron chi connectivity index (χ3n) is 4.12. The van der Waals surface area contributed by atoms with Crippen molar-refractivity contribution in [1.82, 2.24) is 9.88 Å². The summed E-state index contributed by atoms with van der Waals surface area (Å²) in [4.78, 5) is 12.4. The molecule has 1 atom stereocenters. The highest BCUT2D eigenvalue weighted by Gasteiger charge is 2.18. The van der Waals surface area contributed by atoms with E-state index >= 15 is 0 Å². The summed E-state index contributed by atoms with van der Waals surface area (Å²) in [6.07, 6.45) is 0. The van der Waals surface area contributed by atoms with E-state index in [9.17, 15) is 4.79 Å². The molecule has 23 heavy (non-hydrogen) atoms. The summed E-state index contributed by atoms with van der Waals surface area (Å²) in [6.45, 7) is 10.0. The average molecular weight is 314 g/mol. The second kappa shape index (κ2) is 7.01. The van der Waals surface area contributed by atoms with Crippen LogP contribution >= 0.6 is 0 Å². The third kappa shape index (κ3) is 3.64. The number of hydrogen-bond donors (Lipinski definition) is 2. The van der Waals surface area contributed by atoms with E-state index in [0.29, 0.717) is 11.5 Å². The fourth-order valence-electron chi connectivity index (χ4n) is 2.76. The molecular weight excluding hydrogens is 288 g/mol. The Morgan fingerprint density at radius 2 is 1.91 bits per heavy atom. The molecule has 0 saturated carbocycles. The Hall–Kier alpha value is -2.07. The predicted octanol–water partition coefficient (Wildman–Crippen LogP) is 3.33. The van der Waals surface area contributed by atoms with Gasteiger partial charge in [-0.15, -0.1) is 0 Å². The minimum atomic E-state index is -0.255. The fourth-order valence-corrected chi connectivity index (χ4v) is 2.76. The quantitative estimate of drug-likeness (QED) is 0.889. The van der Waals surface area contributed by atoms with Gasteiger partial charge in [-0.25, -0.2) is 0 Å². The van der Waals surface area contributed by atoms with E-state index < -0.39 is 0 Å². The fraction of sp³-hybridized carbons (Fsp3) is 0.421. The molecule has 0 spiro atoms. The van der Waals surface area contributed by atoms with Crippen molar-refractivity contribution in [3.8, 4) is 5.69 Å². The zero-order chi connectivity index (χ0) is 17.1. The molecule has 1 aromatic heterocycles. The van der Waals surface area contributed by atoms with Gasteiger partial charge in [0.2, 0.25) is 0 Å². The summed E-state index contributed by atoms with van der Waals surface area (Å²) in [5.41, 5.74) is 4.92. The molecule has 0 aliphatic carbocycles. The third-order valence-corrected chi connectivity index (χ3v) is 4.12. The number of nitrogens with one attached hydrogen (secondary N) is 1. The number of carbonyl (C=O) groups excluding carboxylic acids is 1. The lowest BCUT2D eigenvalue weighted by Gasteiger charge is -2.14. The Labute approximate surface area is 138 Å². The largest absolute Gasteiger partial charge is 0.394 e. The first-order valence-corrected chi connectivity index (χ1v) is 8.06. The van der Waals surface area contributed by atoms with E-state index in [0.717, 1.165) is 17.1 Å². The smallest absolute Gasteiger partial charge is 0.253 e. The van der Waals surface area contributed by atoms with E-state index in [4.69, 9.17) is 5.11 Å². The van der Waals surface area contributed by atoms with Crippen molar-refractivity contribution in [3.05, 3.63) is 52.8 Å². The normalized spacial score (nSPS) is 12.5. The Kier molecular flexibility index (Phi) is 5.26. The zero-order valence-electron chi connectivity index (χ0n) is 14.6. The van der Waals surface area contributed by atoms with Crippen LogP contribution in [0.5, 0.6) is 0 Å². The van der Waals surface area contributed by atoms with Gasteiger partial charge in [0.05, 0.1) is 12.2 Å². The van der Waals surface area contributed by atoms with Crippen molar-refractivity contribution in [2.75, 3.05) is 6.61 Å². The van der Waals surface area contributed by atoms with Gasteiger partial charge in [-0.3, -0.25) is 4.79 Å². The molecule has 0 aliphatic rings. The molecule has 0 unspecified atom stereocenters. The molecule has 1 heterocycles. The van der Waals surface area contributed by atoms with Gasteiger partial charge in [0.1, 0.15) is 0 Å². The van der Waals surface area contributed by atoms with Gasteiger partial charge < -0.3 is 15.0 Å². The Bertz CT molecular complexity index is 701. The molecule has 4 heteroatoms. The van der Waals surface area contributed by atoms with Crippen LogP contribution in [0.1, 0.15) is 54.0 Å². The Morgan fingerprint density at radius 1 is 1.22 bits per heavy atom. The van der Waals surface area contributed by atoms with Crippen molar-refractivity contribution >= 4 is 5.91 Å². The van der Waals surface area contributed by atoms with Crippen LogP contribution < -0.4 is 5.32 Å². The molecule has 2 N–H and O–H groups in total. The highest BCUT2D eigenvalue weighted by Crippen LogP contribution is 2.24. The molecule has 0 bridgehead atoms. The van der Waals surface area contributed by atoms with Gasteiger partial charge >= 0.3 is 0 Å². The topological polar surface area (TPSA) is 54.3 Å². The number of nitrogens with zero attached hydrogens (tertiary/aromatic N) is 1. The minimum absolute atomic E-state index is 0.0685. The maximum absolute atomic E-state index is 12.4. The number of benzene rings is 1. The zero-order valence-corrected chi connectivity index (χ0v) is 14.6. The molecule has 1 aromatic carbocycles. The van der Waals surface area contributed by atoms with E-state index in [2.05, 4.69) is 48.0 Å². The first-order valence-electron chi connectivity index (χ1n) is 8.06. The number of rotatable bonds is 5. The number of amides is 1. The van der Waals surface area contributed by atoms with E-state index in [1.807, 2.05) is 19.9 Å². The van der Waals surface area contributed by atoms with Crippen LogP contribution in [-0.4, -0.2) is 28.2 Å². The van der Waals surface area contributed by atoms with Crippen molar-refractivity contribution in [3.63, 3.8) is 0 Å². The maximum Gasteiger partial charge on any atom is 0.253 e. The summed E-state index contributed by atoms with van der Waals surface area (Å²) < 4.78 is 2.10. The molecule has 0 radical (unpaired) electrons. The van der Waals surface area contributed by atoms with Crippen molar-refractivity contribution < 1.29 is 9.90 Å². The van der Waals surface area contributed by atoms with Crippen molar-refractivity contribution in [2.45, 2.75) is 46.6 Å². The molecule has 0 aliphatic heterocycles. The van der Waals surface area contributed by atoms with Crippen LogP contribution in [0.15, 0.2) is 30.3 Å². The Balaban J connectivity index is 2.42. The van der Waals surface area contributed by atoms with Gasteiger partial charge in [-0.2, -0.15) is 0 Å². The van der Waals surface area contributed by atoms with Crippen LogP contribution in [0.4, 0.5) is 0 Å². The van der Waals surface area contributed by atoms with Gasteiger partial charge in [-0.1, -0.05) is 26.0 Å². The highest BCUT2D eigenvalue weighted by atomic mass is 16.3. The van der Waals surface area contributed by atoms with Crippen LogP contribution in [0.2, 0.25) is 0 Å². The molecule has 1 amide bonds. The van der Waals surface area contributed by atoms with Gasteiger partial charge in [0.15, 0.2) is 0 Å². The second-order valence-corrected chi connectivity index (χ2v) is 6.43. The second-order valence-electron chi connectivity index (χ2n) is 6.43. The van der Waals surface area contributed by atoms with Crippen molar-refractivity contribution in [1.29, 1.82) is 0 Å². The van der Waals surface area contributed by atoms with Crippen LogP contribution in [0.3, 0.4) is 0 Å². The SMILES string of the molecule is Cc1cc(C(=O)N[C@H](C)CO)c(C)n1-c1cccc(C(C)C)c1. The first-order chi connectivity index (χ1) is 10.8. The highest BCUT2D eigenvalue weighted by molar-refractivity contribution is 5.96. The molecule has 0 fully saturated rings. The summed E-state index contributed by atoms with van der Waals surface area (Å²) in [6, 6.07) is 10.1. The molecule has 124 valence electrons. The number of aliphatic hydroxyl groups is 1.